The van der Waals surface area contributed by atoms with Crippen LogP contribution < -0.4 is 18.9 Å². The Morgan fingerprint density at radius 3 is 1.50 bits per heavy atom. The molecule has 0 amide bonds. The topological polar surface area (TPSA) is 54.4 Å². The zero-order valence-corrected chi connectivity index (χ0v) is 5.57. The molecule has 3 nitrogen and oxygen atoms in total. The third-order valence-electron chi connectivity index (χ3n) is 0. The van der Waals surface area contributed by atoms with Gasteiger partial charge in [0.2, 0.25) is 0 Å². The maximum absolute atomic E-state index is 8.67. The van der Waals surface area contributed by atoms with E-state index < -0.39 is 15.4 Å². The van der Waals surface area contributed by atoms with E-state index in [1.54, 1.807) is 0 Å². The summed E-state index contributed by atoms with van der Waals surface area (Å²) >= 11 is -3.69. The first-order valence-corrected chi connectivity index (χ1v) is 2.33. The molecule has 0 rings (SSSR count). The molecule has 1 N–H and O–H groups in total. The fourth-order valence-electron chi connectivity index (χ4n) is 0. The van der Waals surface area contributed by atoms with Gasteiger partial charge in [-0.1, -0.05) is 0 Å². The van der Waals surface area contributed by atoms with Crippen LogP contribution in [-0.2, 0) is 39.8 Å². The van der Waals surface area contributed by atoms with E-state index in [-0.39, 0.29) is 37.4 Å². The first-order valence-electron chi connectivity index (χ1n) is 0.565. The Morgan fingerprint density at radius 2 is 1.50 bits per heavy atom. The van der Waals surface area contributed by atoms with Crippen molar-refractivity contribution in [2.45, 2.75) is 0 Å². The molecule has 0 aliphatic heterocycles. The fourth-order valence-corrected chi connectivity index (χ4v) is 0. The third-order valence-corrected chi connectivity index (χ3v) is 0. The SMILES string of the molecule is [Fe].[H-].[Li+].[O]=[V](=[O])[OH]. The van der Waals surface area contributed by atoms with Crippen molar-refractivity contribution in [1.29, 1.82) is 0 Å². The second-order valence-corrected chi connectivity index (χ2v) is 0.981. The summed E-state index contributed by atoms with van der Waals surface area (Å²) in [5.74, 6) is 0. The summed E-state index contributed by atoms with van der Waals surface area (Å²) in [6.07, 6.45) is 0. The van der Waals surface area contributed by atoms with Crippen LogP contribution in [0.25, 0.3) is 0 Å². The van der Waals surface area contributed by atoms with E-state index in [2.05, 4.69) is 0 Å². The minimum atomic E-state index is -3.69. The number of hydrogen-bond donors (Lipinski definition) is 1. The average molecular weight is 164 g/mol. The van der Waals surface area contributed by atoms with Crippen molar-refractivity contribution >= 4 is 0 Å². The summed E-state index contributed by atoms with van der Waals surface area (Å²) in [6, 6.07) is 0. The Hall–Kier alpha value is 1.26. The van der Waals surface area contributed by atoms with Gasteiger partial charge >= 0.3 is 45.6 Å². The maximum atomic E-state index is 8.67. The van der Waals surface area contributed by atoms with E-state index in [9.17, 15) is 0 Å². The first kappa shape index (κ1) is 15.7. The third kappa shape index (κ3) is 60.1. The van der Waals surface area contributed by atoms with Gasteiger partial charge in [0, 0.05) is 17.1 Å². The van der Waals surface area contributed by atoms with Gasteiger partial charge in [-0.25, -0.2) is 0 Å². The van der Waals surface area contributed by atoms with Gasteiger partial charge in [-0.2, -0.15) is 0 Å². The van der Waals surface area contributed by atoms with Crippen LogP contribution in [0.1, 0.15) is 1.43 Å². The van der Waals surface area contributed by atoms with Gasteiger partial charge in [-0.05, 0) is 0 Å². The van der Waals surface area contributed by atoms with Gasteiger partial charge in [0.05, 0.1) is 0 Å². The van der Waals surface area contributed by atoms with Gasteiger partial charge in [0.1, 0.15) is 0 Å². The summed E-state index contributed by atoms with van der Waals surface area (Å²) in [5.41, 5.74) is 0. The molecule has 0 aromatic rings. The van der Waals surface area contributed by atoms with Crippen LogP contribution in [0.5, 0.6) is 0 Å². The molecule has 0 heterocycles. The Labute approximate surface area is 64.0 Å². The van der Waals surface area contributed by atoms with Gasteiger partial charge in [0.15, 0.2) is 0 Å². The van der Waals surface area contributed by atoms with E-state index >= 15 is 0 Å². The molecule has 0 aromatic carbocycles. The van der Waals surface area contributed by atoms with Crippen molar-refractivity contribution in [3.05, 3.63) is 0 Å². The molecule has 0 bridgehead atoms. The molecule has 0 saturated carbocycles. The van der Waals surface area contributed by atoms with Crippen molar-refractivity contribution in [2.24, 2.45) is 0 Å². The van der Waals surface area contributed by atoms with Crippen molar-refractivity contribution in [3.8, 4) is 0 Å². The molecule has 0 atom stereocenters. The second-order valence-electron chi connectivity index (χ2n) is 0.238. The molecule has 34 valence electrons. The van der Waals surface area contributed by atoms with Crippen molar-refractivity contribution in [2.75, 3.05) is 0 Å². The number of rotatable bonds is 0. The summed E-state index contributed by atoms with van der Waals surface area (Å²) in [6.45, 7) is 0. The Bertz CT molecular complexity index is 63.3. The fraction of sp³-hybridized carbons (Fsp3) is 0. The zero-order valence-electron chi connectivity index (χ0n) is 4.06. The Kier molecular flexibility index (Phi) is 24.9. The minimum absolute atomic E-state index is 0. The normalized spacial score (nSPS) is 4.17. The molecule has 0 aliphatic carbocycles. The van der Waals surface area contributed by atoms with Crippen LogP contribution >= 0.6 is 0 Å². The predicted molar refractivity (Wildman–Crippen MR) is 4.70 cm³/mol. The van der Waals surface area contributed by atoms with Gasteiger partial charge in [-0.15, -0.1) is 0 Å². The van der Waals surface area contributed by atoms with Crippen molar-refractivity contribution in [1.82, 2.24) is 0 Å². The summed E-state index contributed by atoms with van der Waals surface area (Å²) in [7, 11) is 0. The van der Waals surface area contributed by atoms with Crippen LogP contribution in [0.2, 0.25) is 0 Å². The molecule has 6 heavy (non-hydrogen) atoms. The molecule has 0 unspecified atom stereocenters. The molecular weight excluding hydrogens is 162 g/mol. The average Bonchev–Trinajstić information content (AvgIpc) is 0.811. The zero-order chi connectivity index (χ0) is 3.58. The van der Waals surface area contributed by atoms with Crippen LogP contribution in [-0.4, -0.2) is 4.03 Å². The van der Waals surface area contributed by atoms with Crippen LogP contribution in [0.15, 0.2) is 0 Å². The molecule has 0 aliphatic rings. The van der Waals surface area contributed by atoms with E-state index in [4.69, 9.17) is 11.4 Å². The summed E-state index contributed by atoms with van der Waals surface area (Å²) in [4.78, 5) is 0. The second kappa shape index (κ2) is 9.54. The van der Waals surface area contributed by atoms with Gasteiger partial charge in [-0.3, -0.25) is 0 Å². The quantitative estimate of drug-likeness (QED) is 0.375. The molecule has 0 fully saturated rings. The van der Waals surface area contributed by atoms with Gasteiger partial charge in [0.25, 0.3) is 0 Å². The molecule has 0 aromatic heterocycles. The van der Waals surface area contributed by atoms with E-state index in [0.29, 0.717) is 0 Å². The van der Waals surface area contributed by atoms with E-state index in [0.717, 1.165) is 0 Å². The Morgan fingerprint density at radius 1 is 1.50 bits per heavy atom. The van der Waals surface area contributed by atoms with E-state index in [1.165, 1.54) is 0 Å². The molecule has 0 saturated heterocycles. The number of hydrogen-bond acceptors (Lipinski definition) is 2. The Balaban J connectivity index is -0.0000000150. The molecule has 6 heteroatoms. The molecule has 0 spiro atoms. The monoisotopic (exact) mass is 164 g/mol. The molecular formula is H2FeLiO3V. The van der Waals surface area contributed by atoms with Crippen LogP contribution in [0.4, 0.5) is 0 Å². The van der Waals surface area contributed by atoms with Crippen LogP contribution in [0.3, 0.4) is 0 Å². The van der Waals surface area contributed by atoms with E-state index in [1.807, 2.05) is 0 Å². The predicted octanol–water partition coefficient (Wildman–Crippen LogP) is -3.68. The van der Waals surface area contributed by atoms with Crippen LogP contribution in [0, 0.1) is 0 Å². The molecule has 0 radical (unpaired) electrons. The summed E-state index contributed by atoms with van der Waals surface area (Å²) in [5, 5.41) is 0. The first-order chi connectivity index (χ1) is 1.73. The van der Waals surface area contributed by atoms with Crippen molar-refractivity contribution in [3.63, 3.8) is 0 Å². The van der Waals surface area contributed by atoms with Gasteiger partial charge < -0.3 is 1.43 Å². The standard InChI is InChI=1S/Fe.Li.H2O.2O.V.H/h;;1H2;;;;/q;+1;;;;+1;-1/p-1. The van der Waals surface area contributed by atoms with Crippen molar-refractivity contribution < 1.29 is 64.1 Å². The summed E-state index contributed by atoms with van der Waals surface area (Å²) < 4.78 is 24.4.